The number of carbonyl (C=O) groups is 1. The number of aromatic nitrogens is 4. The number of carbonyl (C=O) groups excluding carboxylic acids is 1. The Bertz CT molecular complexity index is 1100. The van der Waals surface area contributed by atoms with Crippen LogP contribution in [0, 0.1) is 5.92 Å². The van der Waals surface area contributed by atoms with Crippen LogP contribution < -0.4 is 10.2 Å². The molecule has 1 atom stereocenters. The van der Waals surface area contributed by atoms with Crippen molar-refractivity contribution in [3.8, 4) is 11.4 Å². The van der Waals surface area contributed by atoms with Crippen LogP contribution in [0.3, 0.4) is 0 Å². The van der Waals surface area contributed by atoms with Gasteiger partial charge in [-0.05, 0) is 37.8 Å². The molecule has 0 aromatic carbocycles. The van der Waals surface area contributed by atoms with Gasteiger partial charge in [0.15, 0.2) is 5.82 Å². The van der Waals surface area contributed by atoms with Crippen LogP contribution in [0.25, 0.3) is 22.4 Å². The highest BCUT2D eigenvalue weighted by atomic mass is 35.5. The predicted octanol–water partition coefficient (Wildman–Crippen LogP) is 4.20. The number of hydrogen-bond acceptors (Lipinski definition) is 5. The average Bonchev–Trinajstić information content (AvgIpc) is 3.46. The maximum Gasteiger partial charge on any atom is 0.405 e. The SMILES string of the molecule is C[C@H](C(=O)NCC(F)(F)F)N(CC1CC1)c1ccnc(-c2c[nH]c3ncc(Cl)cc23)n1.[HH]. The third-order valence-corrected chi connectivity index (χ3v) is 5.34. The number of halogens is 4. The van der Waals surface area contributed by atoms with Crippen LogP contribution in [0.1, 0.15) is 21.2 Å². The molecule has 3 aromatic heterocycles. The van der Waals surface area contributed by atoms with Gasteiger partial charge in [-0.15, -0.1) is 0 Å². The van der Waals surface area contributed by atoms with Gasteiger partial charge in [0.25, 0.3) is 0 Å². The molecule has 7 nitrogen and oxygen atoms in total. The van der Waals surface area contributed by atoms with Crippen molar-refractivity contribution in [2.45, 2.75) is 32.0 Å². The van der Waals surface area contributed by atoms with Crippen LogP contribution in [0.4, 0.5) is 19.0 Å². The van der Waals surface area contributed by atoms with Crippen molar-refractivity contribution in [1.29, 1.82) is 0 Å². The lowest BCUT2D eigenvalue weighted by atomic mass is 10.2. The highest BCUT2D eigenvalue weighted by Crippen LogP contribution is 2.33. The zero-order valence-electron chi connectivity index (χ0n) is 16.6. The molecule has 0 spiro atoms. The normalized spacial score (nSPS) is 15.1. The van der Waals surface area contributed by atoms with E-state index in [1.165, 1.54) is 6.20 Å². The number of fused-ring (bicyclic) bond motifs is 1. The topological polar surface area (TPSA) is 86.8 Å². The van der Waals surface area contributed by atoms with Gasteiger partial charge in [-0.1, -0.05) is 11.6 Å². The van der Waals surface area contributed by atoms with Gasteiger partial charge in [-0.2, -0.15) is 13.2 Å². The Morgan fingerprint density at radius 2 is 2.19 bits per heavy atom. The maximum atomic E-state index is 12.5. The molecule has 3 heterocycles. The van der Waals surface area contributed by atoms with E-state index >= 15 is 0 Å². The molecule has 1 amide bonds. The van der Waals surface area contributed by atoms with Crippen LogP contribution in [-0.4, -0.2) is 51.2 Å². The standard InChI is InChI=1S/C20H20ClF3N6O.H2/c1-11(19(31)28-10-20(22,23)24)30(9-12-2-3-12)16-4-5-25-18(29-16)15-8-27-17-14(15)6-13(21)7-26-17;/h4-8,11-12H,2-3,9-10H2,1H3,(H,26,27)(H,28,31);1H/t11-;/m1./s1. The van der Waals surface area contributed by atoms with E-state index in [0.717, 1.165) is 18.2 Å². The molecule has 166 valence electrons. The van der Waals surface area contributed by atoms with E-state index in [1.807, 2.05) is 5.32 Å². The van der Waals surface area contributed by atoms with E-state index in [0.29, 0.717) is 40.3 Å². The maximum absolute atomic E-state index is 12.5. The van der Waals surface area contributed by atoms with E-state index in [2.05, 4.69) is 19.9 Å². The van der Waals surface area contributed by atoms with Gasteiger partial charge in [-0.3, -0.25) is 4.79 Å². The Morgan fingerprint density at radius 3 is 2.90 bits per heavy atom. The van der Waals surface area contributed by atoms with Crippen molar-refractivity contribution in [3.05, 3.63) is 35.7 Å². The summed E-state index contributed by atoms with van der Waals surface area (Å²) in [7, 11) is 0. The lowest BCUT2D eigenvalue weighted by Crippen LogP contribution is -2.48. The first kappa shape index (κ1) is 21.4. The Morgan fingerprint density at radius 1 is 1.42 bits per heavy atom. The zero-order valence-corrected chi connectivity index (χ0v) is 17.3. The minimum Gasteiger partial charge on any atom is -0.345 e. The Kier molecular flexibility index (Phi) is 5.74. The lowest BCUT2D eigenvalue weighted by molar-refractivity contribution is -0.139. The number of amides is 1. The molecule has 2 N–H and O–H groups in total. The molecule has 0 saturated heterocycles. The van der Waals surface area contributed by atoms with Crippen LogP contribution in [0.2, 0.25) is 5.02 Å². The van der Waals surface area contributed by atoms with Crippen molar-refractivity contribution in [3.63, 3.8) is 0 Å². The number of aromatic amines is 1. The summed E-state index contributed by atoms with van der Waals surface area (Å²) in [4.78, 5) is 30.4. The highest BCUT2D eigenvalue weighted by Gasteiger charge is 2.33. The first-order valence-corrected chi connectivity index (χ1v) is 10.2. The minimum atomic E-state index is -4.47. The fourth-order valence-electron chi connectivity index (χ4n) is 3.31. The minimum absolute atomic E-state index is 0. The Labute approximate surface area is 182 Å². The summed E-state index contributed by atoms with van der Waals surface area (Å²) in [6, 6.07) is 2.57. The van der Waals surface area contributed by atoms with Crippen LogP contribution >= 0.6 is 11.6 Å². The van der Waals surface area contributed by atoms with Crippen LogP contribution in [0.5, 0.6) is 0 Å². The zero-order chi connectivity index (χ0) is 22.2. The van der Waals surface area contributed by atoms with Gasteiger partial charge in [0.05, 0.1) is 5.02 Å². The van der Waals surface area contributed by atoms with Crippen molar-refractivity contribution in [2.24, 2.45) is 5.92 Å². The fraction of sp³-hybridized carbons (Fsp3) is 0.400. The van der Waals surface area contributed by atoms with Crippen LogP contribution in [-0.2, 0) is 4.79 Å². The van der Waals surface area contributed by atoms with E-state index in [9.17, 15) is 18.0 Å². The number of nitrogens with one attached hydrogen (secondary N) is 2. The highest BCUT2D eigenvalue weighted by molar-refractivity contribution is 6.31. The van der Waals surface area contributed by atoms with Gasteiger partial charge in [-0.25, -0.2) is 15.0 Å². The number of nitrogens with zero attached hydrogens (tertiary/aromatic N) is 4. The van der Waals surface area contributed by atoms with E-state index in [1.54, 1.807) is 36.4 Å². The summed E-state index contributed by atoms with van der Waals surface area (Å²) in [5.74, 6) is 0.543. The van der Waals surface area contributed by atoms with Gasteiger partial charge < -0.3 is 15.2 Å². The number of alkyl halides is 3. The summed E-state index contributed by atoms with van der Waals surface area (Å²) in [6.45, 7) is 0.731. The number of H-pyrrole nitrogens is 1. The number of anilines is 1. The molecule has 1 fully saturated rings. The first-order chi connectivity index (χ1) is 14.7. The summed E-state index contributed by atoms with van der Waals surface area (Å²) in [5.41, 5.74) is 1.32. The number of pyridine rings is 1. The first-order valence-electron chi connectivity index (χ1n) is 9.78. The summed E-state index contributed by atoms with van der Waals surface area (Å²) in [5, 5.41) is 3.17. The summed E-state index contributed by atoms with van der Waals surface area (Å²) >= 11 is 6.07. The molecule has 1 aliphatic carbocycles. The molecule has 11 heteroatoms. The van der Waals surface area contributed by atoms with E-state index in [4.69, 9.17) is 11.6 Å². The average molecular weight is 455 g/mol. The molecule has 31 heavy (non-hydrogen) atoms. The van der Waals surface area contributed by atoms with E-state index in [-0.39, 0.29) is 1.43 Å². The molecule has 0 bridgehead atoms. The predicted molar refractivity (Wildman–Crippen MR) is 113 cm³/mol. The molecular formula is C20H22ClF3N6O. The molecule has 0 radical (unpaired) electrons. The summed E-state index contributed by atoms with van der Waals surface area (Å²) in [6.07, 6.45) is 2.37. The van der Waals surface area contributed by atoms with Gasteiger partial charge in [0, 0.05) is 37.5 Å². The van der Waals surface area contributed by atoms with Crippen molar-refractivity contribution in [2.75, 3.05) is 18.0 Å². The number of hydrogen-bond donors (Lipinski definition) is 2. The molecule has 0 unspecified atom stereocenters. The van der Waals surface area contributed by atoms with Gasteiger partial charge in [0.1, 0.15) is 24.1 Å². The number of rotatable bonds is 7. The van der Waals surface area contributed by atoms with E-state index < -0.39 is 24.7 Å². The Balaban J connectivity index is 0.00000289. The molecule has 3 aromatic rings. The Hall–Kier alpha value is -2.88. The largest absolute Gasteiger partial charge is 0.405 e. The molecule has 1 aliphatic rings. The molecule has 0 aliphatic heterocycles. The molecular weight excluding hydrogens is 433 g/mol. The van der Waals surface area contributed by atoms with Crippen molar-refractivity contribution >= 4 is 34.4 Å². The van der Waals surface area contributed by atoms with Crippen molar-refractivity contribution < 1.29 is 19.4 Å². The second-order valence-electron chi connectivity index (χ2n) is 7.60. The second-order valence-corrected chi connectivity index (χ2v) is 8.03. The quantitative estimate of drug-likeness (QED) is 0.558. The molecule has 4 rings (SSSR count). The second kappa shape index (κ2) is 8.33. The van der Waals surface area contributed by atoms with Gasteiger partial charge in [0.2, 0.25) is 5.91 Å². The van der Waals surface area contributed by atoms with Crippen molar-refractivity contribution in [1.82, 2.24) is 25.3 Å². The van der Waals surface area contributed by atoms with Crippen LogP contribution in [0.15, 0.2) is 30.7 Å². The lowest BCUT2D eigenvalue weighted by Gasteiger charge is -2.29. The monoisotopic (exact) mass is 454 g/mol. The fourth-order valence-corrected chi connectivity index (χ4v) is 3.46. The summed E-state index contributed by atoms with van der Waals surface area (Å²) < 4.78 is 37.6. The van der Waals surface area contributed by atoms with Gasteiger partial charge >= 0.3 is 6.18 Å². The molecule has 1 saturated carbocycles. The smallest absolute Gasteiger partial charge is 0.345 e. The third-order valence-electron chi connectivity index (χ3n) is 5.14. The third kappa shape index (κ3) is 5.07.